The summed E-state index contributed by atoms with van der Waals surface area (Å²) in [6, 6.07) is 10.0. The summed E-state index contributed by atoms with van der Waals surface area (Å²) < 4.78 is 2.19. The number of hydrogen-bond donors (Lipinski definition) is 0. The normalized spacial score (nSPS) is 14.4. The van der Waals surface area contributed by atoms with Gasteiger partial charge < -0.3 is 4.40 Å². The molecule has 0 atom stereocenters. The minimum atomic E-state index is 0.757. The van der Waals surface area contributed by atoms with Crippen molar-refractivity contribution in [3.8, 4) is 11.4 Å². The highest BCUT2D eigenvalue weighted by Crippen LogP contribution is 2.23. The molecule has 6 nitrogen and oxygen atoms in total. The Kier molecular flexibility index (Phi) is 3.90. The third kappa shape index (κ3) is 2.98. The first kappa shape index (κ1) is 16.1. The van der Waals surface area contributed by atoms with Gasteiger partial charge in [-0.3, -0.25) is 9.88 Å². The lowest BCUT2D eigenvalue weighted by molar-refractivity contribution is 0.239. The molecule has 4 aromatic rings. The fourth-order valence-electron chi connectivity index (χ4n) is 3.71. The van der Waals surface area contributed by atoms with E-state index in [1.807, 2.05) is 30.6 Å². The quantitative estimate of drug-likeness (QED) is 0.565. The van der Waals surface area contributed by atoms with Crippen LogP contribution < -0.4 is 0 Å². The topological polar surface area (TPSA) is 59.2 Å². The number of fused-ring (bicyclic) bond motifs is 2. The summed E-state index contributed by atoms with van der Waals surface area (Å²) in [5.41, 5.74) is 6.67. The Balaban J connectivity index is 1.39. The molecule has 0 radical (unpaired) electrons. The van der Waals surface area contributed by atoms with Crippen molar-refractivity contribution in [3.05, 3.63) is 77.8 Å². The molecule has 0 bridgehead atoms. The van der Waals surface area contributed by atoms with Gasteiger partial charge in [0.1, 0.15) is 5.65 Å². The van der Waals surface area contributed by atoms with Gasteiger partial charge in [-0.1, -0.05) is 6.07 Å². The molecular formula is C21H20N6. The minimum Gasteiger partial charge on any atom is -0.302 e. The van der Waals surface area contributed by atoms with Gasteiger partial charge in [-0.2, -0.15) is 0 Å². The van der Waals surface area contributed by atoms with Crippen molar-refractivity contribution in [2.24, 2.45) is 0 Å². The van der Waals surface area contributed by atoms with Gasteiger partial charge in [0, 0.05) is 62.0 Å². The molecule has 134 valence electrons. The highest BCUT2D eigenvalue weighted by molar-refractivity contribution is 5.53. The number of aryl methyl sites for hydroxylation is 1. The zero-order valence-corrected chi connectivity index (χ0v) is 15.2. The SMILES string of the molecule is Cc1nc2ccccn2c1CN1CCc2nc(-c3cccnc3)ncc2C1. The molecule has 5 rings (SSSR count). The fraction of sp³-hybridized carbons (Fsp3) is 0.238. The largest absolute Gasteiger partial charge is 0.302 e. The molecule has 4 aromatic heterocycles. The van der Waals surface area contributed by atoms with Crippen LogP contribution in [0.25, 0.3) is 17.0 Å². The monoisotopic (exact) mass is 356 g/mol. The summed E-state index contributed by atoms with van der Waals surface area (Å²) in [5, 5.41) is 0. The van der Waals surface area contributed by atoms with Crippen molar-refractivity contribution in [2.75, 3.05) is 6.54 Å². The average Bonchev–Trinajstić information content (AvgIpc) is 3.03. The van der Waals surface area contributed by atoms with Crippen LogP contribution in [-0.2, 0) is 19.5 Å². The minimum absolute atomic E-state index is 0.757. The summed E-state index contributed by atoms with van der Waals surface area (Å²) in [6.07, 6.45) is 8.57. The molecule has 6 heteroatoms. The summed E-state index contributed by atoms with van der Waals surface area (Å²) in [7, 11) is 0. The fourth-order valence-corrected chi connectivity index (χ4v) is 3.71. The van der Waals surface area contributed by atoms with E-state index in [-0.39, 0.29) is 0 Å². The number of pyridine rings is 2. The van der Waals surface area contributed by atoms with Gasteiger partial charge in [0.05, 0.1) is 17.1 Å². The maximum atomic E-state index is 4.79. The van der Waals surface area contributed by atoms with Crippen molar-refractivity contribution in [1.29, 1.82) is 0 Å². The number of imidazole rings is 1. The molecule has 0 fully saturated rings. The Hall–Kier alpha value is -3.12. The molecule has 0 unspecified atom stereocenters. The average molecular weight is 356 g/mol. The molecule has 5 heterocycles. The van der Waals surface area contributed by atoms with Gasteiger partial charge in [-0.05, 0) is 31.2 Å². The Morgan fingerprint density at radius 1 is 1.07 bits per heavy atom. The van der Waals surface area contributed by atoms with E-state index in [1.54, 1.807) is 6.20 Å². The van der Waals surface area contributed by atoms with Crippen molar-refractivity contribution < 1.29 is 0 Å². The van der Waals surface area contributed by atoms with Crippen LogP contribution in [-0.4, -0.2) is 35.8 Å². The van der Waals surface area contributed by atoms with Crippen molar-refractivity contribution in [3.63, 3.8) is 0 Å². The molecule has 0 aromatic carbocycles. The van der Waals surface area contributed by atoms with Gasteiger partial charge in [-0.15, -0.1) is 0 Å². The van der Waals surface area contributed by atoms with Crippen LogP contribution in [0.3, 0.4) is 0 Å². The molecule has 0 aliphatic carbocycles. The second kappa shape index (κ2) is 6.55. The van der Waals surface area contributed by atoms with Gasteiger partial charge in [0.2, 0.25) is 0 Å². The van der Waals surface area contributed by atoms with E-state index in [0.717, 1.165) is 54.5 Å². The smallest absolute Gasteiger partial charge is 0.160 e. The van der Waals surface area contributed by atoms with E-state index in [2.05, 4.69) is 49.5 Å². The summed E-state index contributed by atoms with van der Waals surface area (Å²) >= 11 is 0. The van der Waals surface area contributed by atoms with Crippen LogP contribution in [0.15, 0.2) is 55.1 Å². The molecule has 1 aliphatic rings. The lowest BCUT2D eigenvalue weighted by Gasteiger charge is -2.28. The van der Waals surface area contributed by atoms with Crippen LogP contribution in [0.2, 0.25) is 0 Å². The van der Waals surface area contributed by atoms with Crippen molar-refractivity contribution in [2.45, 2.75) is 26.4 Å². The Bertz CT molecular complexity index is 1100. The Labute approximate surface area is 157 Å². The number of hydrogen-bond acceptors (Lipinski definition) is 5. The van der Waals surface area contributed by atoms with E-state index in [4.69, 9.17) is 4.98 Å². The van der Waals surface area contributed by atoms with E-state index in [1.165, 1.54) is 11.3 Å². The van der Waals surface area contributed by atoms with E-state index < -0.39 is 0 Å². The molecule has 0 spiro atoms. The van der Waals surface area contributed by atoms with E-state index >= 15 is 0 Å². The van der Waals surface area contributed by atoms with E-state index in [0.29, 0.717) is 0 Å². The van der Waals surface area contributed by atoms with Crippen molar-refractivity contribution in [1.82, 2.24) is 29.2 Å². The van der Waals surface area contributed by atoms with Gasteiger partial charge in [0.25, 0.3) is 0 Å². The third-order valence-corrected chi connectivity index (χ3v) is 5.14. The molecule has 27 heavy (non-hydrogen) atoms. The van der Waals surface area contributed by atoms with Crippen LogP contribution >= 0.6 is 0 Å². The van der Waals surface area contributed by atoms with Gasteiger partial charge in [0.15, 0.2) is 5.82 Å². The Morgan fingerprint density at radius 2 is 2.04 bits per heavy atom. The summed E-state index contributed by atoms with van der Waals surface area (Å²) in [6.45, 7) is 4.81. The maximum absolute atomic E-state index is 4.79. The first-order valence-electron chi connectivity index (χ1n) is 9.18. The standard InChI is InChI=1S/C21H20N6/c1-15-19(27-9-3-2-6-20(27)24-15)14-26-10-7-18-17(13-26)12-23-21(25-18)16-5-4-8-22-11-16/h2-6,8-9,11-12H,7,10,13-14H2,1H3. The first-order chi connectivity index (χ1) is 13.3. The lowest BCUT2D eigenvalue weighted by Crippen LogP contribution is -2.31. The van der Waals surface area contributed by atoms with Gasteiger partial charge >= 0.3 is 0 Å². The maximum Gasteiger partial charge on any atom is 0.160 e. The summed E-state index contributed by atoms with van der Waals surface area (Å²) in [5.74, 6) is 0.757. The number of rotatable bonds is 3. The zero-order valence-electron chi connectivity index (χ0n) is 15.2. The third-order valence-electron chi connectivity index (χ3n) is 5.14. The first-order valence-corrected chi connectivity index (χ1v) is 9.18. The molecule has 0 N–H and O–H groups in total. The summed E-state index contributed by atoms with van der Waals surface area (Å²) in [4.78, 5) is 20.6. The molecular weight excluding hydrogens is 336 g/mol. The molecule has 0 amide bonds. The van der Waals surface area contributed by atoms with E-state index in [9.17, 15) is 0 Å². The highest BCUT2D eigenvalue weighted by Gasteiger charge is 2.21. The highest BCUT2D eigenvalue weighted by atomic mass is 15.2. The zero-order chi connectivity index (χ0) is 18.2. The molecule has 1 aliphatic heterocycles. The number of nitrogens with zero attached hydrogens (tertiary/aromatic N) is 6. The van der Waals surface area contributed by atoms with Crippen LogP contribution in [0, 0.1) is 6.92 Å². The Morgan fingerprint density at radius 3 is 2.93 bits per heavy atom. The van der Waals surface area contributed by atoms with Crippen molar-refractivity contribution >= 4 is 5.65 Å². The van der Waals surface area contributed by atoms with Crippen LogP contribution in [0.1, 0.15) is 22.6 Å². The second-order valence-corrected chi connectivity index (χ2v) is 6.94. The predicted molar refractivity (Wildman–Crippen MR) is 103 cm³/mol. The van der Waals surface area contributed by atoms with Crippen LogP contribution in [0.4, 0.5) is 0 Å². The van der Waals surface area contributed by atoms with Gasteiger partial charge in [-0.25, -0.2) is 15.0 Å². The molecule has 0 saturated carbocycles. The lowest BCUT2D eigenvalue weighted by atomic mass is 10.1. The predicted octanol–water partition coefficient (Wildman–Crippen LogP) is 3.05. The number of aromatic nitrogens is 5. The second-order valence-electron chi connectivity index (χ2n) is 6.94. The molecule has 0 saturated heterocycles. The van der Waals surface area contributed by atoms with Crippen LogP contribution in [0.5, 0.6) is 0 Å².